The molecule has 0 radical (unpaired) electrons. The number of carboxylic acid groups (broad SMARTS) is 1. The monoisotopic (exact) mass is 384 g/mol. The highest BCUT2D eigenvalue weighted by Gasteiger charge is 2.43. The van der Waals surface area contributed by atoms with Gasteiger partial charge in [0.25, 0.3) is 11.8 Å². The Bertz CT molecular complexity index is 940. The van der Waals surface area contributed by atoms with E-state index in [4.69, 9.17) is 9.52 Å². The van der Waals surface area contributed by atoms with E-state index in [0.717, 1.165) is 4.90 Å². The number of carboxylic acids is 1. The Morgan fingerprint density at radius 2 is 1.71 bits per heavy atom. The van der Waals surface area contributed by atoms with E-state index in [9.17, 15) is 19.2 Å². The van der Waals surface area contributed by atoms with E-state index >= 15 is 0 Å². The third kappa shape index (κ3) is 3.28. The minimum Gasteiger partial charge on any atom is -0.478 e. The lowest BCUT2D eigenvalue weighted by Crippen LogP contribution is -2.52. The van der Waals surface area contributed by atoms with Crippen LogP contribution in [0.3, 0.4) is 0 Å². The first-order valence-corrected chi connectivity index (χ1v) is 8.79. The van der Waals surface area contributed by atoms with Crippen LogP contribution >= 0.6 is 0 Å². The van der Waals surface area contributed by atoms with Crippen LogP contribution in [0.2, 0.25) is 0 Å². The molecule has 0 saturated heterocycles. The van der Waals surface area contributed by atoms with Crippen molar-refractivity contribution < 1.29 is 28.7 Å². The van der Waals surface area contributed by atoms with E-state index in [1.807, 2.05) is 0 Å². The first-order valence-electron chi connectivity index (χ1n) is 8.79. The van der Waals surface area contributed by atoms with Gasteiger partial charge in [0, 0.05) is 0 Å². The van der Waals surface area contributed by atoms with E-state index in [0.29, 0.717) is 0 Å². The maximum Gasteiger partial charge on any atom is 0.339 e. The highest BCUT2D eigenvalue weighted by Crippen LogP contribution is 2.27. The first kappa shape index (κ1) is 19.3. The van der Waals surface area contributed by atoms with Crippen LogP contribution in [0.1, 0.15) is 56.4 Å². The molecule has 0 fully saturated rings. The molecule has 1 aliphatic heterocycles. The van der Waals surface area contributed by atoms with Crippen molar-refractivity contribution in [2.45, 2.75) is 33.4 Å². The summed E-state index contributed by atoms with van der Waals surface area (Å²) in [5, 5.41) is 11.7. The summed E-state index contributed by atoms with van der Waals surface area (Å²) < 4.78 is 5.34. The molecule has 2 N–H and O–H groups in total. The van der Waals surface area contributed by atoms with Crippen LogP contribution < -0.4 is 5.32 Å². The van der Waals surface area contributed by atoms with Gasteiger partial charge in [-0.3, -0.25) is 19.3 Å². The molecule has 1 aromatic carbocycles. The van der Waals surface area contributed by atoms with Crippen LogP contribution in [0.5, 0.6) is 0 Å². The van der Waals surface area contributed by atoms with Crippen molar-refractivity contribution >= 4 is 23.7 Å². The topological polar surface area (TPSA) is 117 Å². The summed E-state index contributed by atoms with van der Waals surface area (Å²) in [5.41, 5.74) is 0.572. The molecule has 1 atom stereocenters. The maximum atomic E-state index is 12.8. The number of aryl methyl sites for hydroxylation is 1. The van der Waals surface area contributed by atoms with Crippen molar-refractivity contribution in [3.8, 4) is 0 Å². The molecule has 0 saturated carbocycles. The second kappa shape index (κ2) is 7.30. The average Bonchev–Trinajstić information content (AvgIpc) is 3.13. The minimum absolute atomic E-state index is 0.0185. The van der Waals surface area contributed by atoms with Crippen LogP contribution in [0.15, 0.2) is 34.7 Å². The molecule has 2 aromatic rings. The molecule has 1 unspecified atom stereocenters. The average molecular weight is 384 g/mol. The number of nitrogens with one attached hydrogen (secondary N) is 1. The van der Waals surface area contributed by atoms with Gasteiger partial charge in [0.05, 0.1) is 17.7 Å². The van der Waals surface area contributed by atoms with Gasteiger partial charge in [0.2, 0.25) is 5.91 Å². The van der Waals surface area contributed by atoms with Gasteiger partial charge >= 0.3 is 5.97 Å². The Labute approximate surface area is 161 Å². The van der Waals surface area contributed by atoms with Crippen LogP contribution in [0, 0.1) is 12.8 Å². The Hall–Kier alpha value is -3.42. The smallest absolute Gasteiger partial charge is 0.339 e. The summed E-state index contributed by atoms with van der Waals surface area (Å²) >= 11 is 0. The Kier molecular flexibility index (Phi) is 5.04. The molecule has 2 heterocycles. The fourth-order valence-electron chi connectivity index (χ4n) is 3.30. The lowest BCUT2D eigenvalue weighted by atomic mass is 10.0. The second-order valence-electron chi connectivity index (χ2n) is 6.92. The number of fused-ring (bicyclic) bond motifs is 1. The fourth-order valence-corrected chi connectivity index (χ4v) is 3.30. The summed E-state index contributed by atoms with van der Waals surface area (Å²) in [6, 6.07) is 6.79. The van der Waals surface area contributed by atoms with Gasteiger partial charge in [-0.1, -0.05) is 26.0 Å². The van der Waals surface area contributed by atoms with Crippen molar-refractivity contribution in [3.05, 3.63) is 58.5 Å². The Morgan fingerprint density at radius 3 is 2.18 bits per heavy atom. The second-order valence-corrected chi connectivity index (χ2v) is 6.92. The molecular weight excluding hydrogens is 364 g/mol. The number of nitrogens with zero attached hydrogens (tertiary/aromatic N) is 1. The third-order valence-electron chi connectivity index (χ3n) is 4.64. The molecule has 8 heteroatoms. The van der Waals surface area contributed by atoms with E-state index in [2.05, 4.69) is 5.32 Å². The highest BCUT2D eigenvalue weighted by atomic mass is 16.4. The normalized spacial score (nSPS) is 14.4. The summed E-state index contributed by atoms with van der Waals surface area (Å²) in [4.78, 5) is 50.3. The molecule has 28 heavy (non-hydrogen) atoms. The van der Waals surface area contributed by atoms with Crippen LogP contribution in [0.25, 0.3) is 0 Å². The van der Waals surface area contributed by atoms with Gasteiger partial charge in [-0.25, -0.2) is 4.79 Å². The number of rotatable bonds is 6. The van der Waals surface area contributed by atoms with E-state index in [1.165, 1.54) is 13.0 Å². The quantitative estimate of drug-likeness (QED) is 0.738. The maximum absolute atomic E-state index is 12.8. The predicted molar refractivity (Wildman–Crippen MR) is 97.8 cm³/mol. The van der Waals surface area contributed by atoms with Gasteiger partial charge in [0.15, 0.2) is 0 Å². The minimum atomic E-state index is -1.12. The molecule has 3 rings (SSSR count). The molecule has 0 spiro atoms. The Balaban J connectivity index is 1.79. The van der Waals surface area contributed by atoms with Crippen molar-refractivity contribution in [1.82, 2.24) is 10.2 Å². The predicted octanol–water partition coefficient (Wildman–Crippen LogP) is 2.22. The molecule has 1 aromatic heterocycles. The number of benzene rings is 1. The van der Waals surface area contributed by atoms with Gasteiger partial charge < -0.3 is 14.8 Å². The SMILES string of the molecule is Cc1oc(CNC(=O)C(C(C)C)N2C(=O)c3ccccc3C2=O)cc1C(=O)O. The standard InChI is InChI=1S/C20H20N2O6/c1-10(2)16(22-18(24)13-6-4-5-7-14(13)19(22)25)17(23)21-9-12-8-15(20(26)27)11(3)28-12/h4-8,10,16H,9H2,1-3H3,(H,21,23)(H,26,27). The summed E-state index contributed by atoms with van der Waals surface area (Å²) in [6.45, 7) is 4.95. The van der Waals surface area contributed by atoms with Crippen molar-refractivity contribution in [1.29, 1.82) is 0 Å². The molecule has 0 bridgehead atoms. The van der Waals surface area contributed by atoms with Crippen LogP contribution in [-0.2, 0) is 11.3 Å². The number of hydrogen-bond acceptors (Lipinski definition) is 5. The third-order valence-corrected chi connectivity index (χ3v) is 4.64. The molecule has 1 aliphatic rings. The van der Waals surface area contributed by atoms with Gasteiger partial charge in [-0.05, 0) is 31.0 Å². The van der Waals surface area contributed by atoms with E-state index in [1.54, 1.807) is 38.1 Å². The zero-order valence-electron chi connectivity index (χ0n) is 15.7. The lowest BCUT2D eigenvalue weighted by Gasteiger charge is -2.28. The molecular formula is C20H20N2O6. The van der Waals surface area contributed by atoms with E-state index < -0.39 is 29.7 Å². The number of carbonyl (C=O) groups is 4. The van der Waals surface area contributed by atoms with Gasteiger partial charge in [0.1, 0.15) is 23.1 Å². The molecule has 3 amide bonds. The number of carbonyl (C=O) groups excluding carboxylic acids is 3. The fraction of sp³-hybridized carbons (Fsp3) is 0.300. The Morgan fingerprint density at radius 1 is 1.14 bits per heavy atom. The van der Waals surface area contributed by atoms with Gasteiger partial charge in [-0.2, -0.15) is 0 Å². The summed E-state index contributed by atoms with van der Waals surface area (Å²) in [7, 11) is 0. The van der Waals surface area contributed by atoms with Gasteiger partial charge in [-0.15, -0.1) is 0 Å². The molecule has 0 aliphatic carbocycles. The van der Waals surface area contributed by atoms with Crippen LogP contribution in [0.4, 0.5) is 0 Å². The summed E-state index contributed by atoms with van der Waals surface area (Å²) in [6.07, 6.45) is 0. The van der Waals surface area contributed by atoms with E-state index in [-0.39, 0.29) is 40.7 Å². The van der Waals surface area contributed by atoms with Crippen molar-refractivity contribution in [3.63, 3.8) is 0 Å². The summed E-state index contributed by atoms with van der Waals surface area (Å²) in [5.74, 6) is -2.46. The number of imide groups is 1. The zero-order valence-corrected chi connectivity index (χ0v) is 15.7. The first-order chi connectivity index (χ1) is 13.2. The van der Waals surface area contributed by atoms with Crippen LogP contribution in [-0.4, -0.2) is 39.7 Å². The highest BCUT2D eigenvalue weighted by molar-refractivity contribution is 6.22. The molecule has 146 valence electrons. The van der Waals surface area contributed by atoms with Crippen molar-refractivity contribution in [2.24, 2.45) is 5.92 Å². The largest absolute Gasteiger partial charge is 0.478 e. The number of amides is 3. The number of hydrogen-bond donors (Lipinski definition) is 2. The number of furan rings is 1. The lowest BCUT2D eigenvalue weighted by molar-refractivity contribution is -0.126. The molecule has 8 nitrogen and oxygen atoms in total. The number of aromatic carboxylic acids is 1. The van der Waals surface area contributed by atoms with Crippen molar-refractivity contribution in [2.75, 3.05) is 0 Å². The zero-order chi connectivity index (χ0) is 20.6.